The molecule has 0 amide bonds. The fraction of sp³-hybridized carbons (Fsp3) is 0.300. The molecule has 0 aliphatic carbocycles. The van der Waals surface area contributed by atoms with Gasteiger partial charge < -0.3 is 10.4 Å². The maximum absolute atomic E-state index is 12.5. The number of nitrogens with zero attached hydrogens (tertiary/aromatic N) is 3. The maximum atomic E-state index is 12.5. The number of carbonyl (C=O) groups is 1. The van der Waals surface area contributed by atoms with Crippen molar-refractivity contribution >= 4 is 28.1 Å². The van der Waals surface area contributed by atoms with Gasteiger partial charge in [-0.2, -0.15) is 18.3 Å². The topological polar surface area (TPSA) is 80.0 Å². The number of hydrogen-bond acceptors (Lipinski definition) is 5. The summed E-state index contributed by atoms with van der Waals surface area (Å²) in [6.45, 7) is 1.60. The number of rotatable bonds is 3. The third-order valence-electron chi connectivity index (χ3n) is 2.35. The summed E-state index contributed by atoms with van der Waals surface area (Å²) in [5.74, 6) is -1.22. The van der Waals surface area contributed by atoms with Crippen LogP contribution in [0.5, 0.6) is 0 Å². The summed E-state index contributed by atoms with van der Waals surface area (Å²) in [5, 5.41) is 15.5. The van der Waals surface area contributed by atoms with Crippen molar-refractivity contribution in [1.82, 2.24) is 14.8 Å². The second-order valence-electron chi connectivity index (χ2n) is 3.88. The molecule has 0 saturated heterocycles. The van der Waals surface area contributed by atoms with Gasteiger partial charge in [-0.05, 0) is 6.92 Å². The van der Waals surface area contributed by atoms with Crippen LogP contribution in [0.1, 0.15) is 21.2 Å². The van der Waals surface area contributed by atoms with Gasteiger partial charge >= 0.3 is 12.1 Å². The number of nitrogens with one attached hydrogen (secondary N) is 1. The van der Waals surface area contributed by atoms with E-state index in [2.05, 4.69) is 15.4 Å². The standard InChI is InChI=1S/C10H9F3N4O2S/c1-4-14-7(9(18)19)8(20-4)15-6-3-5(10(11,12)13)16-17(6)2/h3,15H,1-2H3,(H,18,19). The van der Waals surface area contributed by atoms with E-state index < -0.39 is 17.8 Å². The Bertz CT molecular complexity index is 662. The average Bonchev–Trinajstić information content (AvgIpc) is 2.83. The second kappa shape index (κ2) is 4.78. The highest BCUT2D eigenvalue weighted by atomic mass is 32.1. The van der Waals surface area contributed by atoms with Crippen LogP contribution in [-0.4, -0.2) is 25.8 Å². The van der Waals surface area contributed by atoms with E-state index in [0.717, 1.165) is 22.1 Å². The Balaban J connectivity index is 2.36. The molecule has 0 aliphatic rings. The largest absolute Gasteiger partial charge is 0.476 e. The zero-order valence-electron chi connectivity index (χ0n) is 10.3. The fourth-order valence-corrected chi connectivity index (χ4v) is 2.31. The molecule has 2 N–H and O–H groups in total. The number of alkyl halides is 3. The van der Waals surface area contributed by atoms with Crippen LogP contribution >= 0.6 is 11.3 Å². The van der Waals surface area contributed by atoms with Gasteiger partial charge in [-0.25, -0.2) is 9.78 Å². The number of carboxylic acid groups (broad SMARTS) is 1. The van der Waals surface area contributed by atoms with Crippen molar-refractivity contribution in [1.29, 1.82) is 0 Å². The highest BCUT2D eigenvalue weighted by Gasteiger charge is 2.34. The number of thiazole rings is 1. The quantitative estimate of drug-likeness (QED) is 0.911. The van der Waals surface area contributed by atoms with Gasteiger partial charge in [0.15, 0.2) is 11.4 Å². The van der Waals surface area contributed by atoms with E-state index in [-0.39, 0.29) is 16.5 Å². The number of aromatic carboxylic acids is 1. The van der Waals surface area contributed by atoms with E-state index in [0.29, 0.717) is 5.01 Å². The van der Waals surface area contributed by atoms with E-state index in [1.165, 1.54) is 7.05 Å². The van der Waals surface area contributed by atoms with Crippen LogP contribution < -0.4 is 5.32 Å². The Hall–Kier alpha value is -2.10. The van der Waals surface area contributed by atoms with Gasteiger partial charge in [0.2, 0.25) is 0 Å². The molecule has 0 fully saturated rings. The molecule has 2 aromatic rings. The lowest BCUT2D eigenvalue weighted by Gasteiger charge is -2.03. The Morgan fingerprint density at radius 1 is 1.50 bits per heavy atom. The van der Waals surface area contributed by atoms with E-state index in [9.17, 15) is 18.0 Å². The molecule has 0 aromatic carbocycles. The smallest absolute Gasteiger partial charge is 0.435 e. The summed E-state index contributed by atoms with van der Waals surface area (Å²) in [4.78, 5) is 14.8. The minimum absolute atomic E-state index is 0.0310. The van der Waals surface area contributed by atoms with Crippen molar-refractivity contribution in [2.24, 2.45) is 7.05 Å². The van der Waals surface area contributed by atoms with E-state index >= 15 is 0 Å². The molecule has 10 heteroatoms. The molecule has 2 heterocycles. The van der Waals surface area contributed by atoms with Crippen LogP contribution in [0.3, 0.4) is 0 Å². The van der Waals surface area contributed by atoms with Crippen LogP contribution in [0, 0.1) is 6.92 Å². The lowest BCUT2D eigenvalue weighted by Crippen LogP contribution is -2.06. The Kier molecular flexibility index (Phi) is 3.42. The highest BCUT2D eigenvalue weighted by molar-refractivity contribution is 7.16. The molecule has 6 nitrogen and oxygen atoms in total. The van der Waals surface area contributed by atoms with Crippen LogP contribution in [0.25, 0.3) is 0 Å². The van der Waals surface area contributed by atoms with Crippen LogP contribution in [0.15, 0.2) is 6.07 Å². The maximum Gasteiger partial charge on any atom is 0.435 e. The number of aryl methyl sites for hydroxylation is 2. The molecule has 0 radical (unpaired) electrons. The summed E-state index contributed by atoms with van der Waals surface area (Å²) in [6, 6.07) is 0.806. The minimum Gasteiger partial charge on any atom is -0.476 e. The number of halogens is 3. The first-order valence-corrected chi connectivity index (χ1v) is 6.09. The molecular weight excluding hydrogens is 297 g/mol. The number of carboxylic acids is 1. The van der Waals surface area contributed by atoms with Gasteiger partial charge in [0.1, 0.15) is 10.8 Å². The summed E-state index contributed by atoms with van der Waals surface area (Å²) in [5.41, 5.74) is -1.29. The molecule has 0 atom stereocenters. The Morgan fingerprint density at radius 3 is 2.65 bits per heavy atom. The lowest BCUT2D eigenvalue weighted by molar-refractivity contribution is -0.141. The third kappa shape index (κ3) is 2.74. The molecular formula is C10H9F3N4O2S. The zero-order chi connectivity index (χ0) is 15.1. The SMILES string of the molecule is Cc1nc(C(=O)O)c(Nc2cc(C(F)(F)F)nn2C)s1. The first kappa shape index (κ1) is 14.3. The molecule has 0 saturated carbocycles. The fourth-order valence-electron chi connectivity index (χ4n) is 1.50. The average molecular weight is 306 g/mol. The van der Waals surface area contributed by atoms with Crippen molar-refractivity contribution in [2.75, 3.05) is 5.32 Å². The number of aromatic nitrogens is 3. The highest BCUT2D eigenvalue weighted by Crippen LogP contribution is 2.32. The van der Waals surface area contributed by atoms with Crippen molar-refractivity contribution < 1.29 is 23.1 Å². The van der Waals surface area contributed by atoms with E-state index in [1.54, 1.807) is 6.92 Å². The summed E-state index contributed by atoms with van der Waals surface area (Å²) < 4.78 is 38.6. The van der Waals surface area contributed by atoms with Gasteiger partial charge in [-0.15, -0.1) is 11.3 Å². The van der Waals surface area contributed by atoms with Crippen molar-refractivity contribution in [2.45, 2.75) is 13.1 Å². The zero-order valence-corrected chi connectivity index (χ0v) is 11.1. The van der Waals surface area contributed by atoms with Gasteiger partial charge in [0.05, 0.1) is 5.01 Å². The van der Waals surface area contributed by atoms with Crippen molar-refractivity contribution in [3.05, 3.63) is 22.5 Å². The molecule has 2 rings (SSSR count). The normalized spacial score (nSPS) is 11.7. The minimum atomic E-state index is -4.56. The van der Waals surface area contributed by atoms with Crippen LogP contribution in [0.2, 0.25) is 0 Å². The molecule has 0 aliphatic heterocycles. The molecule has 0 bridgehead atoms. The van der Waals surface area contributed by atoms with Gasteiger partial charge in [-0.1, -0.05) is 0 Å². The van der Waals surface area contributed by atoms with Crippen molar-refractivity contribution in [3.8, 4) is 0 Å². The summed E-state index contributed by atoms with van der Waals surface area (Å²) in [6.07, 6.45) is -4.56. The third-order valence-corrected chi connectivity index (χ3v) is 3.23. The Morgan fingerprint density at radius 2 is 2.15 bits per heavy atom. The van der Waals surface area contributed by atoms with E-state index in [1.807, 2.05) is 0 Å². The molecule has 108 valence electrons. The first-order chi connectivity index (χ1) is 9.18. The van der Waals surface area contributed by atoms with Crippen molar-refractivity contribution in [3.63, 3.8) is 0 Å². The Labute approximate surface area is 114 Å². The monoisotopic (exact) mass is 306 g/mol. The van der Waals surface area contributed by atoms with Gasteiger partial charge in [-0.3, -0.25) is 4.68 Å². The molecule has 0 unspecified atom stereocenters. The lowest BCUT2D eigenvalue weighted by atomic mass is 10.4. The summed E-state index contributed by atoms with van der Waals surface area (Å²) >= 11 is 1.04. The number of anilines is 2. The predicted molar refractivity (Wildman–Crippen MR) is 65.3 cm³/mol. The number of hydrogen-bond donors (Lipinski definition) is 2. The first-order valence-electron chi connectivity index (χ1n) is 5.27. The molecule has 2 aromatic heterocycles. The van der Waals surface area contributed by atoms with E-state index in [4.69, 9.17) is 5.11 Å². The van der Waals surface area contributed by atoms with Crippen LogP contribution in [-0.2, 0) is 13.2 Å². The van der Waals surface area contributed by atoms with Gasteiger partial charge in [0, 0.05) is 13.1 Å². The van der Waals surface area contributed by atoms with Gasteiger partial charge in [0.25, 0.3) is 0 Å². The molecule has 20 heavy (non-hydrogen) atoms. The summed E-state index contributed by atoms with van der Waals surface area (Å²) in [7, 11) is 1.33. The van der Waals surface area contributed by atoms with Crippen LogP contribution in [0.4, 0.5) is 24.0 Å². The predicted octanol–water partition coefficient (Wildman–Crippen LogP) is 2.65. The molecule has 0 spiro atoms. The second-order valence-corrected chi connectivity index (χ2v) is 5.08.